The van der Waals surface area contributed by atoms with E-state index >= 15 is 0 Å². The highest BCUT2D eigenvalue weighted by Crippen LogP contribution is 2.37. The van der Waals surface area contributed by atoms with E-state index in [2.05, 4.69) is 5.32 Å². The van der Waals surface area contributed by atoms with Gasteiger partial charge in [0.15, 0.2) is 0 Å². The molecule has 1 fully saturated rings. The zero-order chi connectivity index (χ0) is 11.6. The molecule has 0 aliphatic carbocycles. The van der Waals surface area contributed by atoms with E-state index in [4.69, 9.17) is 0 Å². The average molecular weight is 221 g/mol. The molecule has 1 aromatic carbocycles. The summed E-state index contributed by atoms with van der Waals surface area (Å²) >= 11 is 0. The maximum absolute atomic E-state index is 14.8. The topological polar surface area (TPSA) is 12.0 Å². The molecule has 88 valence electrons. The first-order valence-electron chi connectivity index (χ1n) is 6.07. The minimum atomic E-state index is -1.21. The van der Waals surface area contributed by atoms with Crippen molar-refractivity contribution in [1.82, 2.24) is 5.32 Å². The molecule has 0 bridgehead atoms. The molecule has 1 nitrogen and oxygen atoms in total. The Hall–Kier alpha value is -0.890. The van der Waals surface area contributed by atoms with Gasteiger partial charge in [0.25, 0.3) is 0 Å². The van der Waals surface area contributed by atoms with Gasteiger partial charge in [-0.3, -0.25) is 0 Å². The molecule has 2 unspecified atom stereocenters. The molecule has 2 atom stereocenters. The minimum absolute atomic E-state index is 0.101. The third kappa shape index (κ3) is 2.27. The van der Waals surface area contributed by atoms with Crippen molar-refractivity contribution < 1.29 is 4.39 Å². The van der Waals surface area contributed by atoms with Crippen LogP contribution in [0.5, 0.6) is 0 Å². The number of halogens is 1. The van der Waals surface area contributed by atoms with E-state index in [0.29, 0.717) is 0 Å². The highest BCUT2D eigenvalue weighted by Gasteiger charge is 2.36. The van der Waals surface area contributed by atoms with Gasteiger partial charge in [0, 0.05) is 12.5 Å². The molecule has 0 spiro atoms. The van der Waals surface area contributed by atoms with Gasteiger partial charge in [-0.15, -0.1) is 0 Å². The van der Waals surface area contributed by atoms with Crippen LogP contribution in [0.4, 0.5) is 4.39 Å². The molecule has 1 aliphatic heterocycles. The number of rotatable bonds is 2. The van der Waals surface area contributed by atoms with Crippen LogP contribution in [0.3, 0.4) is 0 Å². The Labute approximate surface area is 97.1 Å². The van der Waals surface area contributed by atoms with Crippen LogP contribution < -0.4 is 5.32 Å². The van der Waals surface area contributed by atoms with Gasteiger partial charge in [-0.1, -0.05) is 29.8 Å². The average Bonchev–Trinajstić information content (AvgIpc) is 2.31. The zero-order valence-corrected chi connectivity index (χ0v) is 10.1. The van der Waals surface area contributed by atoms with Crippen LogP contribution in [-0.4, -0.2) is 13.1 Å². The van der Waals surface area contributed by atoms with Gasteiger partial charge in [0.05, 0.1) is 0 Å². The summed E-state index contributed by atoms with van der Waals surface area (Å²) < 4.78 is 14.8. The molecule has 2 heteroatoms. The zero-order valence-electron chi connectivity index (χ0n) is 10.1. The van der Waals surface area contributed by atoms with Gasteiger partial charge in [0.1, 0.15) is 5.67 Å². The lowest BCUT2D eigenvalue weighted by molar-refractivity contribution is 0.0812. The summed E-state index contributed by atoms with van der Waals surface area (Å²) in [5, 5.41) is 3.28. The lowest BCUT2D eigenvalue weighted by Gasteiger charge is -2.34. The molecular formula is C14H20FN. The molecule has 0 radical (unpaired) electrons. The van der Waals surface area contributed by atoms with Crippen molar-refractivity contribution in [3.05, 3.63) is 35.4 Å². The van der Waals surface area contributed by atoms with Crippen molar-refractivity contribution in [2.24, 2.45) is 5.92 Å². The number of aryl methyl sites for hydroxylation is 1. The first kappa shape index (κ1) is 11.6. The lowest BCUT2D eigenvalue weighted by atomic mass is 9.80. The van der Waals surface area contributed by atoms with Gasteiger partial charge in [0.2, 0.25) is 0 Å². The van der Waals surface area contributed by atoms with Crippen LogP contribution >= 0.6 is 0 Å². The first-order chi connectivity index (χ1) is 7.60. The Kier molecular flexibility index (Phi) is 3.29. The van der Waals surface area contributed by atoms with Crippen LogP contribution in [0.25, 0.3) is 0 Å². The standard InChI is InChI=1S/C14H20FN/c1-11-5-7-12(8-6-11)14(2,15)13-4-3-9-16-10-13/h5-8,13,16H,3-4,9-10H2,1-2H3. The van der Waals surface area contributed by atoms with E-state index in [9.17, 15) is 4.39 Å². The van der Waals surface area contributed by atoms with Gasteiger partial charge in [-0.25, -0.2) is 4.39 Å². The fraction of sp³-hybridized carbons (Fsp3) is 0.571. The third-order valence-electron chi connectivity index (χ3n) is 3.68. The van der Waals surface area contributed by atoms with Gasteiger partial charge >= 0.3 is 0 Å². The maximum atomic E-state index is 14.8. The molecule has 1 aliphatic rings. The summed E-state index contributed by atoms with van der Waals surface area (Å²) in [6.07, 6.45) is 2.06. The molecule has 0 aromatic heterocycles. The molecule has 1 saturated heterocycles. The smallest absolute Gasteiger partial charge is 0.137 e. The SMILES string of the molecule is Cc1ccc(C(C)(F)C2CCCNC2)cc1. The van der Waals surface area contributed by atoms with Crippen molar-refractivity contribution in [1.29, 1.82) is 0 Å². The summed E-state index contributed by atoms with van der Waals surface area (Å²) in [4.78, 5) is 0. The van der Waals surface area contributed by atoms with E-state index in [1.165, 1.54) is 5.56 Å². The summed E-state index contributed by atoms with van der Waals surface area (Å²) in [6, 6.07) is 7.82. The molecule has 1 N–H and O–H groups in total. The monoisotopic (exact) mass is 221 g/mol. The van der Waals surface area contributed by atoms with Crippen molar-refractivity contribution >= 4 is 0 Å². The predicted octanol–water partition coefficient (Wildman–Crippen LogP) is 3.18. The third-order valence-corrected chi connectivity index (χ3v) is 3.68. The summed E-state index contributed by atoms with van der Waals surface area (Å²) in [5.74, 6) is 0.101. The van der Waals surface area contributed by atoms with Gasteiger partial charge in [-0.05, 0) is 38.8 Å². The van der Waals surface area contributed by atoms with Gasteiger partial charge < -0.3 is 5.32 Å². The highest BCUT2D eigenvalue weighted by atomic mass is 19.1. The maximum Gasteiger partial charge on any atom is 0.137 e. The molecule has 0 amide bonds. The van der Waals surface area contributed by atoms with Crippen molar-refractivity contribution in [3.8, 4) is 0 Å². The lowest BCUT2D eigenvalue weighted by Crippen LogP contribution is -2.39. The van der Waals surface area contributed by atoms with Crippen molar-refractivity contribution in [3.63, 3.8) is 0 Å². The second-order valence-corrected chi connectivity index (χ2v) is 4.98. The molecular weight excluding hydrogens is 201 g/mol. The highest BCUT2D eigenvalue weighted by molar-refractivity contribution is 5.27. The van der Waals surface area contributed by atoms with Crippen molar-refractivity contribution in [2.75, 3.05) is 13.1 Å². The Morgan fingerprint density at radius 3 is 2.56 bits per heavy atom. The van der Waals surface area contributed by atoms with Crippen LogP contribution in [0.15, 0.2) is 24.3 Å². The summed E-state index contributed by atoms with van der Waals surface area (Å²) in [6.45, 7) is 5.57. The second kappa shape index (κ2) is 4.54. The summed E-state index contributed by atoms with van der Waals surface area (Å²) in [7, 11) is 0. The van der Waals surface area contributed by atoms with Crippen molar-refractivity contribution in [2.45, 2.75) is 32.4 Å². The Morgan fingerprint density at radius 2 is 2.00 bits per heavy atom. The van der Waals surface area contributed by atoms with Crippen LogP contribution in [0, 0.1) is 12.8 Å². The number of nitrogens with one attached hydrogen (secondary N) is 1. The molecule has 0 saturated carbocycles. The van der Waals surface area contributed by atoms with Crippen LogP contribution in [0.2, 0.25) is 0 Å². The van der Waals surface area contributed by atoms with E-state index in [1.54, 1.807) is 6.92 Å². The quantitative estimate of drug-likeness (QED) is 0.808. The largest absolute Gasteiger partial charge is 0.316 e. The van der Waals surface area contributed by atoms with E-state index in [1.807, 2.05) is 31.2 Å². The Morgan fingerprint density at radius 1 is 1.31 bits per heavy atom. The van der Waals surface area contributed by atoms with E-state index in [-0.39, 0.29) is 5.92 Å². The molecule has 1 heterocycles. The molecule has 2 rings (SSSR count). The second-order valence-electron chi connectivity index (χ2n) is 4.98. The van der Waals surface area contributed by atoms with E-state index < -0.39 is 5.67 Å². The fourth-order valence-electron chi connectivity index (χ4n) is 2.43. The number of alkyl halides is 1. The Bertz CT molecular complexity index is 336. The number of piperidine rings is 1. The normalized spacial score (nSPS) is 25.1. The Balaban J connectivity index is 2.19. The van der Waals surface area contributed by atoms with Crippen LogP contribution in [0.1, 0.15) is 30.9 Å². The summed E-state index contributed by atoms with van der Waals surface area (Å²) in [5.41, 5.74) is 0.786. The fourth-order valence-corrected chi connectivity index (χ4v) is 2.43. The predicted molar refractivity (Wildman–Crippen MR) is 65.2 cm³/mol. The minimum Gasteiger partial charge on any atom is -0.316 e. The number of benzene rings is 1. The van der Waals surface area contributed by atoms with Crippen LogP contribution in [-0.2, 0) is 5.67 Å². The number of hydrogen-bond acceptors (Lipinski definition) is 1. The van der Waals surface area contributed by atoms with E-state index in [0.717, 1.165) is 31.5 Å². The number of hydrogen-bond donors (Lipinski definition) is 1. The first-order valence-corrected chi connectivity index (χ1v) is 6.07. The molecule has 16 heavy (non-hydrogen) atoms. The van der Waals surface area contributed by atoms with Gasteiger partial charge in [-0.2, -0.15) is 0 Å². The molecule has 1 aromatic rings.